The average molecular weight is 508 g/mol. The van der Waals surface area contributed by atoms with Gasteiger partial charge in [0.2, 0.25) is 0 Å². The summed E-state index contributed by atoms with van der Waals surface area (Å²) in [5.41, 5.74) is 2.55. The molecule has 4 nitrogen and oxygen atoms in total. The van der Waals surface area contributed by atoms with Crippen molar-refractivity contribution in [1.82, 2.24) is 4.98 Å². The molecule has 4 aromatic rings. The highest BCUT2D eigenvalue weighted by atomic mass is 35.5. The van der Waals surface area contributed by atoms with Gasteiger partial charge in [-0.2, -0.15) is 0 Å². The van der Waals surface area contributed by atoms with Gasteiger partial charge in [0.15, 0.2) is 11.6 Å². The molecule has 1 heterocycles. The summed E-state index contributed by atoms with van der Waals surface area (Å²) < 4.78 is 65.6. The molecule has 0 unspecified atom stereocenters. The molecule has 3 aromatic carbocycles. The number of nitrogens with zero attached hydrogens (tertiary/aromatic N) is 1. The number of pyridine rings is 1. The molecule has 0 saturated carbocycles. The maximum absolute atomic E-state index is 14.2. The smallest absolute Gasteiger partial charge is 0.494 e. The maximum Gasteiger partial charge on any atom is 0.573 e. The summed E-state index contributed by atoms with van der Waals surface area (Å²) in [5.74, 6) is -0.00498. The first-order chi connectivity index (χ1) is 16.6. The number of aromatic nitrogens is 1. The Kier molecular flexibility index (Phi) is 8.07. The largest absolute Gasteiger partial charge is 0.573 e. The Balaban J connectivity index is 0.00000167. The third kappa shape index (κ3) is 6.14. The SMILES string of the molecule is CC.COc1cc2nc(C)c(-c3ccc(Oc4ccc(OC(F)(F)F)cc4)cc3)c(Cl)c2cc1F. The van der Waals surface area contributed by atoms with Crippen LogP contribution in [0.5, 0.6) is 23.0 Å². The molecule has 0 atom stereocenters. The Morgan fingerprint density at radius 3 is 1.94 bits per heavy atom. The molecule has 0 saturated heterocycles. The van der Waals surface area contributed by atoms with Crippen LogP contribution in [0.3, 0.4) is 0 Å². The van der Waals surface area contributed by atoms with Crippen LogP contribution in [0.4, 0.5) is 17.6 Å². The summed E-state index contributed by atoms with van der Waals surface area (Å²) >= 11 is 6.61. The molecule has 0 N–H and O–H groups in total. The van der Waals surface area contributed by atoms with Crippen molar-refractivity contribution >= 4 is 22.5 Å². The molecule has 0 aliphatic rings. The Hall–Kier alpha value is -3.52. The van der Waals surface area contributed by atoms with Gasteiger partial charge in [-0.1, -0.05) is 37.6 Å². The molecule has 0 spiro atoms. The summed E-state index contributed by atoms with van der Waals surface area (Å²) in [6.45, 7) is 5.80. The number of aryl methyl sites for hydroxylation is 1. The van der Waals surface area contributed by atoms with Crippen LogP contribution in [0.2, 0.25) is 5.02 Å². The van der Waals surface area contributed by atoms with Gasteiger partial charge in [-0.05, 0) is 55.0 Å². The second kappa shape index (κ2) is 10.8. The number of alkyl halides is 3. The summed E-state index contributed by atoms with van der Waals surface area (Å²) in [5, 5.41) is 0.810. The normalized spacial score (nSPS) is 11.0. The predicted molar refractivity (Wildman–Crippen MR) is 128 cm³/mol. The van der Waals surface area contributed by atoms with E-state index in [1.165, 1.54) is 31.4 Å². The first-order valence-corrected chi connectivity index (χ1v) is 11.0. The van der Waals surface area contributed by atoms with Crippen molar-refractivity contribution in [1.29, 1.82) is 0 Å². The van der Waals surface area contributed by atoms with Gasteiger partial charge in [0.1, 0.15) is 17.2 Å². The Morgan fingerprint density at radius 2 is 1.40 bits per heavy atom. The molecule has 0 amide bonds. The van der Waals surface area contributed by atoms with Crippen LogP contribution in [0.25, 0.3) is 22.0 Å². The van der Waals surface area contributed by atoms with E-state index in [9.17, 15) is 17.6 Å². The van der Waals surface area contributed by atoms with Crippen LogP contribution in [0, 0.1) is 12.7 Å². The van der Waals surface area contributed by atoms with E-state index in [0.717, 1.165) is 17.7 Å². The molecule has 0 fully saturated rings. The van der Waals surface area contributed by atoms with Gasteiger partial charge in [0.25, 0.3) is 0 Å². The minimum Gasteiger partial charge on any atom is -0.494 e. The number of fused-ring (bicyclic) bond motifs is 1. The van der Waals surface area contributed by atoms with Crippen molar-refractivity contribution in [2.45, 2.75) is 27.1 Å². The highest BCUT2D eigenvalue weighted by Gasteiger charge is 2.31. The lowest BCUT2D eigenvalue weighted by atomic mass is 10.0. The van der Waals surface area contributed by atoms with Gasteiger partial charge < -0.3 is 14.2 Å². The second-order valence-electron chi connectivity index (χ2n) is 7.04. The van der Waals surface area contributed by atoms with E-state index in [1.54, 1.807) is 31.2 Å². The van der Waals surface area contributed by atoms with Crippen molar-refractivity contribution < 1.29 is 31.8 Å². The van der Waals surface area contributed by atoms with Crippen LogP contribution < -0.4 is 14.2 Å². The molecular formula is C26H22ClF4NO3. The van der Waals surface area contributed by atoms with Gasteiger partial charge >= 0.3 is 6.36 Å². The number of hydrogen-bond donors (Lipinski definition) is 0. The summed E-state index contributed by atoms with van der Waals surface area (Å²) in [6, 6.07) is 14.7. The molecule has 9 heteroatoms. The van der Waals surface area contributed by atoms with E-state index in [-0.39, 0.29) is 11.5 Å². The van der Waals surface area contributed by atoms with Gasteiger partial charge in [-0.25, -0.2) is 4.39 Å². The lowest BCUT2D eigenvalue weighted by Gasteiger charge is -2.13. The van der Waals surface area contributed by atoms with E-state index in [0.29, 0.717) is 38.7 Å². The van der Waals surface area contributed by atoms with E-state index in [2.05, 4.69) is 9.72 Å². The molecule has 4 rings (SSSR count). The number of ether oxygens (including phenoxy) is 3. The zero-order chi connectivity index (χ0) is 25.8. The second-order valence-corrected chi connectivity index (χ2v) is 7.41. The van der Waals surface area contributed by atoms with Crippen LogP contribution >= 0.6 is 11.6 Å². The summed E-state index contributed by atoms with van der Waals surface area (Å²) in [4.78, 5) is 4.53. The third-order valence-corrected chi connectivity index (χ3v) is 5.20. The number of rotatable bonds is 5. The molecule has 1 aromatic heterocycles. The molecule has 0 radical (unpaired) electrons. The fourth-order valence-corrected chi connectivity index (χ4v) is 3.77. The molecule has 0 aliphatic carbocycles. The monoisotopic (exact) mass is 507 g/mol. The van der Waals surface area contributed by atoms with Gasteiger partial charge in [0, 0.05) is 22.7 Å². The number of hydrogen-bond acceptors (Lipinski definition) is 4. The molecule has 184 valence electrons. The molecule has 0 aliphatic heterocycles. The predicted octanol–water partition coefficient (Wildman–Crippen LogP) is 8.73. The zero-order valence-electron chi connectivity index (χ0n) is 19.3. The highest BCUT2D eigenvalue weighted by Crippen LogP contribution is 2.38. The zero-order valence-corrected chi connectivity index (χ0v) is 20.1. The third-order valence-electron chi connectivity index (χ3n) is 4.81. The van der Waals surface area contributed by atoms with Gasteiger partial charge in [-0.3, -0.25) is 4.98 Å². The molecular weight excluding hydrogens is 486 g/mol. The van der Waals surface area contributed by atoms with Crippen LogP contribution in [0.15, 0.2) is 60.7 Å². The van der Waals surface area contributed by atoms with Crippen LogP contribution in [0.1, 0.15) is 19.5 Å². The van der Waals surface area contributed by atoms with Crippen molar-refractivity contribution in [3.8, 4) is 34.1 Å². The van der Waals surface area contributed by atoms with E-state index in [1.807, 2.05) is 13.8 Å². The van der Waals surface area contributed by atoms with Gasteiger partial charge in [0.05, 0.1) is 17.6 Å². The Bertz CT molecular complexity index is 1310. The Morgan fingerprint density at radius 1 is 0.857 bits per heavy atom. The molecule has 35 heavy (non-hydrogen) atoms. The van der Waals surface area contributed by atoms with Crippen molar-refractivity contribution in [2.75, 3.05) is 7.11 Å². The molecule has 0 bridgehead atoms. The fraction of sp³-hybridized carbons (Fsp3) is 0.192. The fourth-order valence-electron chi connectivity index (χ4n) is 3.37. The lowest BCUT2D eigenvalue weighted by Crippen LogP contribution is -2.16. The van der Waals surface area contributed by atoms with Gasteiger partial charge in [-0.15, -0.1) is 13.2 Å². The minimum atomic E-state index is -4.76. The maximum atomic E-state index is 14.2. The topological polar surface area (TPSA) is 40.6 Å². The van der Waals surface area contributed by atoms with E-state index >= 15 is 0 Å². The average Bonchev–Trinajstić information content (AvgIpc) is 2.82. The lowest BCUT2D eigenvalue weighted by molar-refractivity contribution is -0.274. The quantitative estimate of drug-likeness (QED) is 0.253. The van der Waals surface area contributed by atoms with Crippen LogP contribution in [-0.2, 0) is 0 Å². The van der Waals surface area contributed by atoms with Crippen LogP contribution in [-0.4, -0.2) is 18.5 Å². The summed E-state index contributed by atoms with van der Waals surface area (Å²) in [6.07, 6.45) is -4.76. The van der Waals surface area contributed by atoms with Crippen molar-refractivity contribution in [3.63, 3.8) is 0 Å². The first kappa shape index (κ1) is 26.1. The minimum absolute atomic E-state index is 0.0812. The highest BCUT2D eigenvalue weighted by molar-refractivity contribution is 6.38. The van der Waals surface area contributed by atoms with E-state index < -0.39 is 12.2 Å². The van der Waals surface area contributed by atoms with E-state index in [4.69, 9.17) is 21.1 Å². The van der Waals surface area contributed by atoms with Crippen molar-refractivity contribution in [2.24, 2.45) is 0 Å². The number of benzene rings is 3. The number of halogens is 5. The first-order valence-electron chi connectivity index (χ1n) is 10.6. The number of methoxy groups -OCH3 is 1. The summed E-state index contributed by atoms with van der Waals surface area (Å²) in [7, 11) is 1.38. The van der Waals surface area contributed by atoms with Crippen molar-refractivity contribution in [3.05, 3.63) is 77.2 Å². The standard InChI is InChI=1S/C24H16ClF4NO3.C2H6/c1-13-22(23(25)18-11-19(26)21(31-2)12-20(18)30-13)14-3-5-15(6-4-14)32-16-7-9-17(10-8-16)33-24(27,28)29;1-2/h3-12H,1-2H3;1-2H3. The Labute approximate surface area is 205 Å².